The molecule has 0 bridgehead atoms. The van der Waals surface area contributed by atoms with Crippen LogP contribution in [-0.4, -0.2) is 5.91 Å². The summed E-state index contributed by atoms with van der Waals surface area (Å²) in [6, 6.07) is 7.97. The topological polar surface area (TPSA) is 20.3 Å². The molecule has 0 atom stereocenters. The molecule has 1 amide bonds. The van der Waals surface area contributed by atoms with Gasteiger partial charge in [-0.05, 0) is 24.5 Å². The van der Waals surface area contributed by atoms with Gasteiger partial charge in [0.2, 0.25) is 5.91 Å². The van der Waals surface area contributed by atoms with Gasteiger partial charge in [-0.1, -0.05) is 18.2 Å². The van der Waals surface area contributed by atoms with E-state index in [4.69, 9.17) is 0 Å². The number of hydrogen-bond donors (Lipinski definition) is 0. The molecule has 2 rings (SSSR count). The highest BCUT2D eigenvalue weighted by Gasteiger charge is 2.19. The molecule has 1 aliphatic heterocycles. The predicted octanol–water partition coefficient (Wildman–Crippen LogP) is 2.02. The largest absolute Gasteiger partial charge is 0.301 e. The molecule has 1 aromatic carbocycles. The van der Waals surface area contributed by atoms with Gasteiger partial charge in [0.1, 0.15) is 6.54 Å². The van der Waals surface area contributed by atoms with Crippen LogP contribution in [0.3, 0.4) is 0 Å². The van der Waals surface area contributed by atoms with Gasteiger partial charge in [-0.25, -0.2) is 0 Å². The SMILES string of the molecule is CC(=O)N1[C]CCc2ccccc21. The predicted molar refractivity (Wildman–Crippen MR) is 51.2 cm³/mol. The average Bonchev–Trinajstić information content (AvgIpc) is 2.17. The summed E-state index contributed by atoms with van der Waals surface area (Å²) in [6.45, 7) is 4.62. The number of fused-ring (bicyclic) bond motifs is 1. The third kappa shape index (κ3) is 1.44. The van der Waals surface area contributed by atoms with Crippen LogP contribution in [0.5, 0.6) is 0 Å². The summed E-state index contributed by atoms with van der Waals surface area (Å²) in [7, 11) is 0. The van der Waals surface area contributed by atoms with Gasteiger partial charge in [-0.15, -0.1) is 0 Å². The minimum absolute atomic E-state index is 0.0344. The normalized spacial score (nSPS) is 15.3. The Hall–Kier alpha value is -1.31. The molecule has 0 saturated carbocycles. The molecule has 2 nitrogen and oxygen atoms in total. The molecule has 0 aromatic heterocycles. The van der Waals surface area contributed by atoms with Crippen LogP contribution in [0.15, 0.2) is 24.3 Å². The van der Waals surface area contributed by atoms with Gasteiger partial charge in [0.25, 0.3) is 0 Å². The molecular formula is C11H11NO. The lowest BCUT2D eigenvalue weighted by atomic mass is 10.0. The van der Waals surface area contributed by atoms with Crippen molar-refractivity contribution in [1.82, 2.24) is 0 Å². The first-order valence-electron chi connectivity index (χ1n) is 4.41. The molecule has 13 heavy (non-hydrogen) atoms. The van der Waals surface area contributed by atoms with Gasteiger partial charge in [-0.2, -0.15) is 0 Å². The van der Waals surface area contributed by atoms with Crippen molar-refractivity contribution in [2.45, 2.75) is 19.8 Å². The van der Waals surface area contributed by atoms with E-state index in [1.54, 1.807) is 11.8 Å². The van der Waals surface area contributed by atoms with Gasteiger partial charge in [0.15, 0.2) is 0 Å². The van der Waals surface area contributed by atoms with Crippen LogP contribution >= 0.6 is 0 Å². The van der Waals surface area contributed by atoms with Gasteiger partial charge < -0.3 is 4.90 Å². The number of carbonyl (C=O) groups is 1. The Morgan fingerprint density at radius 2 is 2.23 bits per heavy atom. The number of hydrogen-bond acceptors (Lipinski definition) is 1. The lowest BCUT2D eigenvalue weighted by Crippen LogP contribution is -2.29. The zero-order valence-corrected chi connectivity index (χ0v) is 7.58. The first kappa shape index (κ1) is 8.30. The second-order valence-corrected chi connectivity index (χ2v) is 3.14. The maximum atomic E-state index is 11.2. The Morgan fingerprint density at radius 1 is 1.46 bits per heavy atom. The highest BCUT2D eigenvalue weighted by molar-refractivity contribution is 5.94. The summed E-state index contributed by atoms with van der Waals surface area (Å²) >= 11 is 0. The minimum Gasteiger partial charge on any atom is -0.301 e. The molecule has 0 aliphatic carbocycles. The Morgan fingerprint density at radius 3 is 3.00 bits per heavy atom. The Bertz CT molecular complexity index is 333. The van der Waals surface area contributed by atoms with E-state index in [9.17, 15) is 4.79 Å². The number of anilines is 1. The van der Waals surface area contributed by atoms with Crippen molar-refractivity contribution in [3.05, 3.63) is 36.4 Å². The van der Waals surface area contributed by atoms with Crippen molar-refractivity contribution in [2.75, 3.05) is 4.90 Å². The van der Waals surface area contributed by atoms with E-state index in [-0.39, 0.29) is 5.91 Å². The maximum Gasteiger partial charge on any atom is 0.224 e. The van der Waals surface area contributed by atoms with Gasteiger partial charge in [0, 0.05) is 12.6 Å². The van der Waals surface area contributed by atoms with Crippen LogP contribution in [0.25, 0.3) is 0 Å². The van der Waals surface area contributed by atoms with E-state index in [1.807, 2.05) is 18.2 Å². The van der Waals surface area contributed by atoms with Crippen molar-refractivity contribution in [1.29, 1.82) is 0 Å². The number of nitrogens with zero attached hydrogens (tertiary/aromatic N) is 1. The highest BCUT2D eigenvalue weighted by Crippen LogP contribution is 2.28. The van der Waals surface area contributed by atoms with Crippen molar-refractivity contribution in [2.24, 2.45) is 0 Å². The molecule has 0 spiro atoms. The fourth-order valence-electron chi connectivity index (χ4n) is 1.61. The monoisotopic (exact) mass is 173 g/mol. The fraction of sp³-hybridized carbons (Fsp3) is 0.273. The molecule has 0 saturated heterocycles. The maximum absolute atomic E-state index is 11.2. The number of para-hydroxylation sites is 1. The zero-order valence-electron chi connectivity index (χ0n) is 7.58. The molecule has 1 aliphatic rings. The van der Waals surface area contributed by atoms with E-state index in [0.29, 0.717) is 0 Å². The Labute approximate surface area is 78.2 Å². The molecular weight excluding hydrogens is 162 g/mol. The molecule has 0 fully saturated rings. The van der Waals surface area contributed by atoms with Crippen molar-refractivity contribution in [3.63, 3.8) is 0 Å². The van der Waals surface area contributed by atoms with E-state index in [1.165, 1.54) is 5.56 Å². The van der Waals surface area contributed by atoms with Crippen molar-refractivity contribution < 1.29 is 4.79 Å². The lowest BCUT2D eigenvalue weighted by Gasteiger charge is -2.26. The molecule has 1 heterocycles. The Balaban J connectivity index is 2.42. The average molecular weight is 173 g/mol. The van der Waals surface area contributed by atoms with Gasteiger partial charge in [0.05, 0.1) is 0 Å². The third-order valence-corrected chi connectivity index (χ3v) is 2.21. The van der Waals surface area contributed by atoms with Gasteiger partial charge >= 0.3 is 0 Å². The van der Waals surface area contributed by atoms with E-state index >= 15 is 0 Å². The minimum atomic E-state index is 0.0344. The smallest absolute Gasteiger partial charge is 0.224 e. The lowest BCUT2D eigenvalue weighted by molar-refractivity contribution is -0.116. The molecule has 0 unspecified atom stereocenters. The van der Waals surface area contributed by atoms with Crippen molar-refractivity contribution in [3.8, 4) is 0 Å². The summed E-state index contributed by atoms with van der Waals surface area (Å²) < 4.78 is 0. The summed E-state index contributed by atoms with van der Waals surface area (Å²) in [5.74, 6) is 0.0344. The third-order valence-electron chi connectivity index (χ3n) is 2.21. The van der Waals surface area contributed by atoms with Crippen LogP contribution in [0, 0.1) is 6.54 Å². The number of carbonyl (C=O) groups excluding carboxylic acids is 1. The summed E-state index contributed by atoms with van der Waals surface area (Å²) in [6.07, 6.45) is 1.82. The zero-order chi connectivity index (χ0) is 9.26. The van der Waals surface area contributed by atoms with Crippen LogP contribution < -0.4 is 4.90 Å². The molecule has 2 heteroatoms. The second kappa shape index (κ2) is 3.21. The fourth-order valence-corrected chi connectivity index (χ4v) is 1.61. The van der Waals surface area contributed by atoms with Crippen LogP contribution in [0.4, 0.5) is 5.69 Å². The molecule has 0 N–H and O–H groups in total. The standard InChI is InChI=1S/C11H11NO/c1-9(13)12-8-4-6-10-5-2-3-7-11(10)12/h2-3,5,7H,4,6H2,1H3. The number of rotatable bonds is 0. The second-order valence-electron chi connectivity index (χ2n) is 3.14. The number of benzene rings is 1. The number of amides is 1. The molecule has 66 valence electrons. The highest BCUT2D eigenvalue weighted by atomic mass is 16.2. The first-order valence-corrected chi connectivity index (χ1v) is 4.41. The Kier molecular flexibility index (Phi) is 2.05. The van der Waals surface area contributed by atoms with E-state index in [0.717, 1.165) is 18.5 Å². The quantitative estimate of drug-likeness (QED) is 0.587. The number of aryl methyl sites for hydroxylation is 1. The summed E-state index contributed by atoms with van der Waals surface area (Å²) in [5, 5.41) is 0. The summed E-state index contributed by atoms with van der Waals surface area (Å²) in [5.41, 5.74) is 2.22. The van der Waals surface area contributed by atoms with Gasteiger partial charge in [-0.3, -0.25) is 4.79 Å². The van der Waals surface area contributed by atoms with Crippen LogP contribution in [0.2, 0.25) is 0 Å². The van der Waals surface area contributed by atoms with Crippen LogP contribution in [-0.2, 0) is 11.2 Å². The van der Waals surface area contributed by atoms with E-state index < -0.39 is 0 Å². The molecule has 2 radical (unpaired) electrons. The van der Waals surface area contributed by atoms with Crippen molar-refractivity contribution >= 4 is 11.6 Å². The van der Waals surface area contributed by atoms with Crippen LogP contribution in [0.1, 0.15) is 18.9 Å². The van der Waals surface area contributed by atoms with E-state index in [2.05, 4.69) is 12.6 Å². The summed E-state index contributed by atoms with van der Waals surface area (Å²) in [4.78, 5) is 12.8. The first-order chi connectivity index (χ1) is 6.29. The molecule has 1 aromatic rings.